The van der Waals surface area contributed by atoms with Gasteiger partial charge in [0, 0.05) is 0 Å². The van der Waals surface area contributed by atoms with Gasteiger partial charge in [-0.3, -0.25) is 0 Å². The maximum Gasteiger partial charge on any atom is 0.243 e. The summed E-state index contributed by atoms with van der Waals surface area (Å²) in [6, 6.07) is 0. The molecule has 36 valence electrons. The van der Waals surface area contributed by atoms with Crippen LogP contribution in [0.3, 0.4) is 0 Å². The van der Waals surface area contributed by atoms with Gasteiger partial charge in [0.25, 0.3) is 0 Å². The second kappa shape index (κ2) is 1.74. The Morgan fingerprint density at radius 1 is 1.71 bits per heavy atom. The molecule has 0 saturated heterocycles. The van der Waals surface area contributed by atoms with E-state index in [0.717, 1.165) is 0 Å². The summed E-state index contributed by atoms with van der Waals surface area (Å²) >= 11 is 4.48. The maximum absolute atomic E-state index is 4.48. The molecule has 0 aromatic carbocycles. The van der Waals surface area contributed by atoms with Crippen LogP contribution in [0.5, 0.6) is 0 Å². The van der Waals surface area contributed by atoms with Crippen LogP contribution in [0.4, 0.5) is 0 Å². The molecular formula is C2HN3OS. The minimum absolute atomic E-state index is 0.245. The highest BCUT2D eigenvalue weighted by atomic mass is 32.1. The maximum atomic E-state index is 4.48. The van der Waals surface area contributed by atoms with Crippen molar-refractivity contribution in [2.45, 2.75) is 0 Å². The van der Waals surface area contributed by atoms with E-state index >= 15 is 0 Å². The Bertz CT molecular complexity index is 179. The molecule has 0 aliphatic rings. The molecule has 1 aromatic rings. The molecule has 1 heterocycles. The Kier molecular flexibility index (Phi) is 1.08. The van der Waals surface area contributed by atoms with Crippen molar-refractivity contribution in [1.29, 1.82) is 0 Å². The van der Waals surface area contributed by atoms with Crippen LogP contribution in [0.25, 0.3) is 0 Å². The van der Waals surface area contributed by atoms with Crippen molar-refractivity contribution in [3.8, 4) is 0 Å². The zero-order valence-electron chi connectivity index (χ0n) is 3.24. The SMILES string of the molecule is S=c1cnnno1. The Morgan fingerprint density at radius 3 is 2.86 bits per heavy atom. The monoisotopic (exact) mass is 115 g/mol. The predicted octanol–water partition coefficient (Wildman–Crippen LogP) is 0.194. The van der Waals surface area contributed by atoms with Crippen LogP contribution < -0.4 is 0 Å². The van der Waals surface area contributed by atoms with Gasteiger partial charge >= 0.3 is 0 Å². The van der Waals surface area contributed by atoms with E-state index in [1.807, 2.05) is 0 Å². The predicted molar refractivity (Wildman–Crippen MR) is 22.9 cm³/mol. The molecule has 0 atom stereocenters. The van der Waals surface area contributed by atoms with E-state index in [2.05, 4.69) is 32.3 Å². The number of hydrogen-bond donors (Lipinski definition) is 0. The van der Waals surface area contributed by atoms with Crippen molar-refractivity contribution >= 4 is 12.2 Å². The lowest BCUT2D eigenvalue weighted by Crippen LogP contribution is -1.80. The van der Waals surface area contributed by atoms with Crippen LogP contribution in [0.1, 0.15) is 0 Å². The summed E-state index contributed by atoms with van der Waals surface area (Å²) in [6.07, 6.45) is 1.31. The van der Waals surface area contributed by atoms with Crippen LogP contribution in [-0.2, 0) is 0 Å². The van der Waals surface area contributed by atoms with Crippen molar-refractivity contribution in [1.82, 2.24) is 15.6 Å². The number of nitrogens with zero attached hydrogens (tertiary/aromatic N) is 3. The Morgan fingerprint density at radius 2 is 2.57 bits per heavy atom. The fourth-order valence-corrected chi connectivity index (χ4v) is 0.257. The van der Waals surface area contributed by atoms with E-state index in [4.69, 9.17) is 0 Å². The molecule has 5 heteroatoms. The number of hydrogen-bond acceptors (Lipinski definition) is 5. The normalized spacial score (nSPS) is 8.57. The van der Waals surface area contributed by atoms with Gasteiger partial charge in [0.15, 0.2) is 0 Å². The summed E-state index contributed by atoms with van der Waals surface area (Å²) < 4.78 is 4.56. The number of rotatable bonds is 0. The summed E-state index contributed by atoms with van der Waals surface area (Å²) in [7, 11) is 0. The van der Waals surface area contributed by atoms with Crippen molar-refractivity contribution in [3.63, 3.8) is 0 Å². The van der Waals surface area contributed by atoms with E-state index < -0.39 is 0 Å². The highest BCUT2D eigenvalue weighted by Gasteiger charge is 1.72. The summed E-state index contributed by atoms with van der Waals surface area (Å²) in [5, 5.41) is 9.48. The number of aromatic nitrogens is 3. The minimum Gasteiger partial charge on any atom is -0.324 e. The quantitative estimate of drug-likeness (QED) is 0.452. The van der Waals surface area contributed by atoms with Gasteiger partial charge in [-0.2, -0.15) is 0 Å². The first-order valence-corrected chi connectivity index (χ1v) is 1.95. The van der Waals surface area contributed by atoms with Gasteiger partial charge in [-0.05, 0) is 17.4 Å². The fraction of sp³-hybridized carbons (Fsp3) is 0. The van der Waals surface area contributed by atoms with Gasteiger partial charge in [0.05, 0.1) is 5.27 Å². The first-order valence-electron chi connectivity index (χ1n) is 1.54. The van der Waals surface area contributed by atoms with Crippen molar-refractivity contribution in [2.75, 3.05) is 0 Å². The van der Waals surface area contributed by atoms with E-state index in [0.29, 0.717) is 0 Å². The van der Waals surface area contributed by atoms with Crippen molar-refractivity contribution < 1.29 is 4.52 Å². The molecule has 0 amide bonds. The second-order valence-electron chi connectivity index (χ2n) is 0.826. The van der Waals surface area contributed by atoms with Crippen molar-refractivity contribution in [3.05, 3.63) is 10.9 Å². The fourth-order valence-electron chi connectivity index (χ4n) is 0.176. The molecule has 0 saturated carbocycles. The average Bonchev–Trinajstić information content (AvgIpc) is 1.69. The van der Waals surface area contributed by atoms with E-state index in [1.165, 1.54) is 6.20 Å². The Hall–Kier alpha value is -0.840. The lowest BCUT2D eigenvalue weighted by atomic mass is 11.0. The highest BCUT2D eigenvalue weighted by molar-refractivity contribution is 7.71. The van der Waals surface area contributed by atoms with Crippen LogP contribution in [0.15, 0.2) is 10.7 Å². The molecule has 0 N–H and O–H groups in total. The van der Waals surface area contributed by atoms with Gasteiger partial charge in [-0.15, -0.1) is 5.10 Å². The van der Waals surface area contributed by atoms with Gasteiger partial charge in [-0.25, -0.2) is 0 Å². The molecule has 0 aliphatic heterocycles. The Balaban J connectivity index is 3.28. The third-order valence-electron chi connectivity index (χ3n) is 0.382. The molecule has 1 rings (SSSR count). The summed E-state index contributed by atoms with van der Waals surface area (Å²) in [4.78, 5) is 0. The first kappa shape index (κ1) is 4.32. The molecule has 1 aromatic heterocycles. The van der Waals surface area contributed by atoms with E-state index in [-0.39, 0.29) is 4.71 Å². The third kappa shape index (κ3) is 1.01. The van der Waals surface area contributed by atoms with Crippen LogP contribution in [0, 0.1) is 4.71 Å². The zero-order valence-corrected chi connectivity index (χ0v) is 4.05. The van der Waals surface area contributed by atoms with Gasteiger partial charge in [0.1, 0.15) is 6.20 Å². The van der Waals surface area contributed by atoms with Gasteiger partial charge < -0.3 is 4.52 Å². The zero-order chi connectivity index (χ0) is 5.11. The lowest BCUT2D eigenvalue weighted by molar-refractivity contribution is 0.330. The van der Waals surface area contributed by atoms with Gasteiger partial charge in [0.2, 0.25) is 4.71 Å². The molecule has 0 unspecified atom stereocenters. The standard InChI is InChI=1S/C2HN3OS/c7-2-1-3-4-5-6-2/h1H. The minimum atomic E-state index is 0.245. The van der Waals surface area contributed by atoms with Gasteiger partial charge in [-0.1, -0.05) is 0 Å². The van der Waals surface area contributed by atoms with Crippen molar-refractivity contribution in [2.24, 2.45) is 0 Å². The molecule has 7 heavy (non-hydrogen) atoms. The summed E-state index contributed by atoms with van der Waals surface area (Å²) in [6.45, 7) is 0. The van der Waals surface area contributed by atoms with Crippen LogP contribution in [0.2, 0.25) is 0 Å². The second-order valence-corrected chi connectivity index (χ2v) is 1.23. The molecule has 0 bridgehead atoms. The van der Waals surface area contributed by atoms with E-state index in [9.17, 15) is 0 Å². The van der Waals surface area contributed by atoms with E-state index in [1.54, 1.807) is 0 Å². The molecule has 0 fully saturated rings. The average molecular weight is 115 g/mol. The van der Waals surface area contributed by atoms with Crippen LogP contribution in [-0.4, -0.2) is 15.6 Å². The topological polar surface area (TPSA) is 51.8 Å². The molecule has 4 nitrogen and oxygen atoms in total. The summed E-state index contributed by atoms with van der Waals surface area (Å²) in [5.41, 5.74) is 0. The Labute approximate surface area is 44.1 Å². The largest absolute Gasteiger partial charge is 0.324 e. The molecule has 0 radical (unpaired) electrons. The molecular weight excluding hydrogens is 114 g/mol. The smallest absolute Gasteiger partial charge is 0.243 e. The molecule has 0 aliphatic carbocycles. The lowest BCUT2D eigenvalue weighted by Gasteiger charge is -1.70. The van der Waals surface area contributed by atoms with Crippen LogP contribution >= 0.6 is 12.2 Å². The third-order valence-corrected chi connectivity index (χ3v) is 0.562. The highest BCUT2D eigenvalue weighted by Crippen LogP contribution is 1.74. The molecule has 0 spiro atoms. The first-order chi connectivity index (χ1) is 3.39. The summed E-state index contributed by atoms with van der Waals surface area (Å²) in [5.74, 6) is 0.